The van der Waals surface area contributed by atoms with Gasteiger partial charge in [0.2, 0.25) is 0 Å². The Morgan fingerprint density at radius 3 is 2.82 bits per heavy atom. The minimum Gasteiger partial charge on any atom is -0.379 e. The molecule has 0 saturated carbocycles. The van der Waals surface area contributed by atoms with Crippen LogP contribution < -0.4 is 10.9 Å². The van der Waals surface area contributed by atoms with Crippen molar-refractivity contribution in [2.75, 3.05) is 11.9 Å². The van der Waals surface area contributed by atoms with Crippen molar-refractivity contribution in [3.8, 4) is 11.4 Å². The Hall–Kier alpha value is -3.48. The zero-order chi connectivity index (χ0) is 19.1. The smallest absolute Gasteiger partial charge is 0.261 e. The minimum atomic E-state index is -0.396. The van der Waals surface area contributed by atoms with E-state index in [0.717, 1.165) is 29.3 Å². The van der Waals surface area contributed by atoms with E-state index in [9.17, 15) is 9.18 Å². The van der Waals surface area contributed by atoms with E-state index in [1.54, 1.807) is 6.07 Å². The monoisotopic (exact) mass is 375 g/mol. The standard InChI is InChI=1S/C21H18FN5O/c22-12-7-8-14-17(10-12)27-21(28)18(19(14)24-13-4-3-9-23-11-13)20-25-15-5-1-2-6-16(15)26-20/h1-2,5-10,13H,3-4,11H2,(H,25,26)(H2,24,27,28)/t13-/m0/s1. The Morgan fingerprint density at radius 2 is 2.00 bits per heavy atom. The van der Waals surface area contributed by atoms with Gasteiger partial charge in [-0.3, -0.25) is 9.79 Å². The molecule has 6 nitrogen and oxygen atoms in total. The molecule has 2 aromatic heterocycles. The number of pyridine rings is 1. The maximum Gasteiger partial charge on any atom is 0.261 e. The number of nitrogens with one attached hydrogen (secondary N) is 3. The van der Waals surface area contributed by atoms with Gasteiger partial charge in [-0.05, 0) is 49.4 Å². The molecule has 0 saturated heterocycles. The van der Waals surface area contributed by atoms with E-state index in [0.29, 0.717) is 29.1 Å². The lowest BCUT2D eigenvalue weighted by atomic mass is 10.0. The number of aliphatic imine (C=N–C) groups is 1. The van der Waals surface area contributed by atoms with Crippen LogP contribution in [-0.4, -0.2) is 33.8 Å². The summed E-state index contributed by atoms with van der Waals surface area (Å²) in [6, 6.07) is 12.1. The molecule has 0 radical (unpaired) electrons. The molecule has 0 bridgehead atoms. The summed E-state index contributed by atoms with van der Waals surface area (Å²) in [6.45, 7) is 0.634. The van der Waals surface area contributed by atoms with Gasteiger partial charge < -0.3 is 15.3 Å². The zero-order valence-electron chi connectivity index (χ0n) is 15.0. The molecule has 0 fully saturated rings. The van der Waals surface area contributed by atoms with Crippen molar-refractivity contribution in [3.05, 3.63) is 58.6 Å². The van der Waals surface area contributed by atoms with Gasteiger partial charge in [-0.2, -0.15) is 0 Å². The van der Waals surface area contributed by atoms with Crippen LogP contribution in [0.3, 0.4) is 0 Å². The summed E-state index contributed by atoms with van der Waals surface area (Å²) in [5, 5.41) is 4.22. The average molecular weight is 375 g/mol. The predicted octanol–water partition coefficient (Wildman–Crippen LogP) is 3.86. The molecular weight excluding hydrogens is 357 g/mol. The molecular formula is C21H18FN5O. The summed E-state index contributed by atoms with van der Waals surface area (Å²) in [7, 11) is 0. The molecule has 1 atom stereocenters. The van der Waals surface area contributed by atoms with Crippen LogP contribution in [0.2, 0.25) is 0 Å². The molecule has 0 spiro atoms. The maximum absolute atomic E-state index is 13.7. The SMILES string of the molecule is O=c1[nH]c2cc(F)ccc2c(N[C@H]2CCC=NC2)c1-c1nc2ccccc2[nH]1. The highest BCUT2D eigenvalue weighted by Crippen LogP contribution is 2.32. The van der Waals surface area contributed by atoms with Crippen molar-refractivity contribution in [1.29, 1.82) is 0 Å². The van der Waals surface area contributed by atoms with Crippen LogP contribution in [0, 0.1) is 5.82 Å². The number of nitrogens with zero attached hydrogens (tertiary/aromatic N) is 2. The first kappa shape index (κ1) is 16.7. The second-order valence-corrected chi connectivity index (χ2v) is 6.96. The van der Waals surface area contributed by atoms with Gasteiger partial charge in [0.05, 0.1) is 28.8 Å². The molecule has 5 rings (SSSR count). The fraction of sp³-hybridized carbons (Fsp3) is 0.190. The lowest BCUT2D eigenvalue weighted by Crippen LogP contribution is -2.27. The van der Waals surface area contributed by atoms with Crippen LogP contribution in [0.1, 0.15) is 12.8 Å². The summed E-state index contributed by atoms with van der Waals surface area (Å²) >= 11 is 0. The second kappa shape index (κ2) is 6.60. The van der Waals surface area contributed by atoms with Gasteiger partial charge in [0.15, 0.2) is 0 Å². The van der Waals surface area contributed by atoms with E-state index in [4.69, 9.17) is 0 Å². The van der Waals surface area contributed by atoms with Crippen molar-refractivity contribution >= 4 is 33.8 Å². The van der Waals surface area contributed by atoms with Crippen LogP contribution >= 0.6 is 0 Å². The highest BCUT2D eigenvalue weighted by Gasteiger charge is 2.21. The molecule has 3 heterocycles. The van der Waals surface area contributed by atoms with E-state index in [2.05, 4.69) is 25.3 Å². The highest BCUT2D eigenvalue weighted by atomic mass is 19.1. The van der Waals surface area contributed by atoms with E-state index in [1.165, 1.54) is 12.1 Å². The van der Waals surface area contributed by atoms with Crippen molar-refractivity contribution in [2.45, 2.75) is 18.9 Å². The Balaban J connectivity index is 1.75. The first-order valence-electron chi connectivity index (χ1n) is 9.24. The number of fused-ring (bicyclic) bond motifs is 2. The molecule has 0 unspecified atom stereocenters. The van der Waals surface area contributed by atoms with Gasteiger partial charge in [0.1, 0.15) is 17.2 Å². The fourth-order valence-electron chi connectivity index (χ4n) is 3.70. The summed E-state index contributed by atoms with van der Waals surface area (Å²) in [5.74, 6) is 0.0864. The van der Waals surface area contributed by atoms with Gasteiger partial charge in [-0.25, -0.2) is 9.37 Å². The fourth-order valence-corrected chi connectivity index (χ4v) is 3.70. The molecule has 1 aliphatic rings. The number of rotatable bonds is 3. The molecule has 28 heavy (non-hydrogen) atoms. The Labute approximate surface area is 159 Å². The lowest BCUT2D eigenvalue weighted by Gasteiger charge is -2.22. The number of anilines is 1. The highest BCUT2D eigenvalue weighted by molar-refractivity contribution is 5.99. The normalized spacial score (nSPS) is 16.7. The van der Waals surface area contributed by atoms with Crippen molar-refractivity contribution in [2.24, 2.45) is 4.99 Å². The molecule has 4 aromatic rings. The Morgan fingerprint density at radius 1 is 1.11 bits per heavy atom. The largest absolute Gasteiger partial charge is 0.379 e. The first-order chi connectivity index (χ1) is 13.7. The van der Waals surface area contributed by atoms with Gasteiger partial charge in [-0.15, -0.1) is 0 Å². The summed E-state index contributed by atoms with van der Waals surface area (Å²) in [6.07, 6.45) is 3.72. The Bertz CT molecular complexity index is 1240. The van der Waals surface area contributed by atoms with Crippen molar-refractivity contribution in [3.63, 3.8) is 0 Å². The lowest BCUT2D eigenvalue weighted by molar-refractivity contribution is 0.629. The van der Waals surface area contributed by atoms with Gasteiger partial charge in [0, 0.05) is 11.4 Å². The molecule has 0 aliphatic carbocycles. The number of H-pyrrole nitrogens is 2. The number of para-hydroxylation sites is 2. The van der Waals surface area contributed by atoms with Gasteiger partial charge >= 0.3 is 0 Å². The topological polar surface area (TPSA) is 85.9 Å². The molecule has 0 amide bonds. The summed E-state index contributed by atoms with van der Waals surface area (Å²) in [5.41, 5.74) is 2.84. The van der Waals surface area contributed by atoms with Crippen LogP contribution in [0.15, 0.2) is 52.3 Å². The quantitative estimate of drug-likeness (QED) is 0.508. The van der Waals surface area contributed by atoms with E-state index in [-0.39, 0.29) is 11.6 Å². The van der Waals surface area contributed by atoms with Gasteiger partial charge in [-0.1, -0.05) is 12.1 Å². The van der Waals surface area contributed by atoms with E-state index < -0.39 is 5.82 Å². The zero-order valence-corrected chi connectivity index (χ0v) is 15.0. The van der Waals surface area contributed by atoms with Crippen LogP contribution in [-0.2, 0) is 0 Å². The number of aromatic nitrogens is 3. The molecule has 3 N–H and O–H groups in total. The molecule has 2 aromatic carbocycles. The summed E-state index contributed by atoms with van der Waals surface area (Å²) < 4.78 is 13.7. The molecule has 140 valence electrons. The van der Waals surface area contributed by atoms with Crippen molar-refractivity contribution < 1.29 is 4.39 Å². The third kappa shape index (κ3) is 2.85. The summed E-state index contributed by atoms with van der Waals surface area (Å²) in [4.78, 5) is 28.0. The third-order valence-corrected chi connectivity index (χ3v) is 5.05. The number of benzene rings is 2. The number of halogens is 1. The predicted molar refractivity (Wildman–Crippen MR) is 110 cm³/mol. The minimum absolute atomic E-state index is 0.100. The average Bonchev–Trinajstić information content (AvgIpc) is 3.12. The Kier molecular flexibility index (Phi) is 3.93. The number of hydrogen-bond donors (Lipinski definition) is 3. The van der Waals surface area contributed by atoms with Crippen LogP contribution in [0.25, 0.3) is 33.3 Å². The van der Waals surface area contributed by atoms with E-state index in [1.807, 2.05) is 30.5 Å². The van der Waals surface area contributed by atoms with Crippen LogP contribution in [0.5, 0.6) is 0 Å². The first-order valence-corrected chi connectivity index (χ1v) is 9.24. The molecule has 7 heteroatoms. The van der Waals surface area contributed by atoms with E-state index >= 15 is 0 Å². The van der Waals surface area contributed by atoms with Crippen LogP contribution in [0.4, 0.5) is 10.1 Å². The third-order valence-electron chi connectivity index (χ3n) is 5.05. The van der Waals surface area contributed by atoms with Gasteiger partial charge in [0.25, 0.3) is 5.56 Å². The number of hydrogen-bond acceptors (Lipinski definition) is 4. The number of imidazole rings is 1. The van der Waals surface area contributed by atoms with Crippen molar-refractivity contribution in [1.82, 2.24) is 15.0 Å². The second-order valence-electron chi connectivity index (χ2n) is 6.96. The number of aromatic amines is 2. The molecule has 1 aliphatic heterocycles. The maximum atomic E-state index is 13.7.